The van der Waals surface area contributed by atoms with E-state index in [-0.39, 0.29) is 12.5 Å². The molecule has 0 aliphatic carbocycles. The normalized spacial score (nSPS) is 10.7. The summed E-state index contributed by atoms with van der Waals surface area (Å²) in [4.78, 5) is 12.4. The van der Waals surface area contributed by atoms with Crippen molar-refractivity contribution in [3.05, 3.63) is 74.9 Å². The second kappa shape index (κ2) is 7.50. The number of carbonyl (C=O) groups excluding carboxylic acids is 1. The van der Waals surface area contributed by atoms with Gasteiger partial charge in [-0.05, 0) is 48.5 Å². The van der Waals surface area contributed by atoms with Gasteiger partial charge in [-0.3, -0.25) is 4.79 Å². The van der Waals surface area contributed by atoms with E-state index >= 15 is 0 Å². The van der Waals surface area contributed by atoms with E-state index in [9.17, 15) is 4.79 Å². The van der Waals surface area contributed by atoms with Crippen molar-refractivity contribution < 1.29 is 14.3 Å². The van der Waals surface area contributed by atoms with Crippen LogP contribution in [0, 0.1) is 0 Å². The number of benzene rings is 2. The van der Waals surface area contributed by atoms with Crippen molar-refractivity contribution in [3.8, 4) is 11.3 Å². The van der Waals surface area contributed by atoms with Crippen LogP contribution in [0.3, 0.4) is 0 Å². The molecule has 7 heteroatoms. The molecule has 2 aromatic carbocycles. The lowest BCUT2D eigenvalue weighted by Crippen LogP contribution is -2.12. The Hall–Kier alpha value is -1.98. The lowest BCUT2D eigenvalue weighted by Gasteiger charge is -2.09. The van der Waals surface area contributed by atoms with Gasteiger partial charge in [-0.2, -0.15) is 0 Å². The molecule has 1 aromatic heterocycles. The molecule has 1 heterocycles. The zero-order valence-electron chi connectivity index (χ0n) is 12.7. The summed E-state index contributed by atoms with van der Waals surface area (Å²) >= 11 is 18.0. The molecule has 1 amide bonds. The number of nitrogens with one attached hydrogen (secondary N) is 1. The lowest BCUT2D eigenvalue weighted by atomic mass is 10.1. The summed E-state index contributed by atoms with van der Waals surface area (Å²) in [5.41, 5.74) is 1.50. The number of aliphatic hydroxyl groups excluding tert-OH is 1. The van der Waals surface area contributed by atoms with Crippen molar-refractivity contribution in [3.63, 3.8) is 0 Å². The first-order chi connectivity index (χ1) is 12.0. The second-order valence-electron chi connectivity index (χ2n) is 5.20. The van der Waals surface area contributed by atoms with Crippen molar-refractivity contribution in [2.75, 3.05) is 5.32 Å². The molecular weight excluding hydrogens is 385 g/mol. The van der Waals surface area contributed by atoms with E-state index in [0.29, 0.717) is 43.4 Å². The van der Waals surface area contributed by atoms with Crippen LogP contribution in [-0.4, -0.2) is 11.0 Å². The molecule has 0 atom stereocenters. The third-order valence-electron chi connectivity index (χ3n) is 3.50. The maximum Gasteiger partial charge on any atom is 0.255 e. The summed E-state index contributed by atoms with van der Waals surface area (Å²) in [6, 6.07) is 13.1. The van der Waals surface area contributed by atoms with Crippen LogP contribution in [0.1, 0.15) is 16.1 Å². The van der Waals surface area contributed by atoms with Crippen molar-refractivity contribution in [2.45, 2.75) is 6.61 Å². The Balaban J connectivity index is 1.87. The standard InChI is InChI=1S/C18H12Cl3NO3/c19-13-4-2-11(7-15(13)21)18(24)22-16-8-10(1-5-14(16)20)17-6-3-12(9-23)25-17/h1-8,23H,9H2,(H,22,24). The van der Waals surface area contributed by atoms with Gasteiger partial charge in [-0.15, -0.1) is 0 Å². The smallest absolute Gasteiger partial charge is 0.255 e. The molecule has 0 saturated carbocycles. The van der Waals surface area contributed by atoms with Gasteiger partial charge >= 0.3 is 0 Å². The molecule has 0 spiro atoms. The third kappa shape index (κ3) is 3.99. The maximum absolute atomic E-state index is 12.4. The van der Waals surface area contributed by atoms with Crippen LogP contribution in [0.4, 0.5) is 5.69 Å². The largest absolute Gasteiger partial charge is 0.459 e. The zero-order chi connectivity index (χ0) is 18.0. The minimum absolute atomic E-state index is 0.186. The highest BCUT2D eigenvalue weighted by Crippen LogP contribution is 2.31. The van der Waals surface area contributed by atoms with Crippen LogP contribution in [0.5, 0.6) is 0 Å². The fraction of sp³-hybridized carbons (Fsp3) is 0.0556. The van der Waals surface area contributed by atoms with E-state index in [1.54, 1.807) is 42.5 Å². The molecule has 0 radical (unpaired) electrons. The lowest BCUT2D eigenvalue weighted by molar-refractivity contribution is 0.102. The number of carbonyl (C=O) groups is 1. The number of hydrogen-bond donors (Lipinski definition) is 2. The van der Waals surface area contributed by atoms with Gasteiger partial charge in [-0.1, -0.05) is 34.8 Å². The molecule has 0 aliphatic heterocycles. The van der Waals surface area contributed by atoms with Crippen molar-refractivity contribution in [1.82, 2.24) is 0 Å². The van der Waals surface area contributed by atoms with Crippen LogP contribution in [0.15, 0.2) is 52.9 Å². The van der Waals surface area contributed by atoms with Crippen LogP contribution in [0.2, 0.25) is 15.1 Å². The van der Waals surface area contributed by atoms with Gasteiger partial charge in [0.1, 0.15) is 18.1 Å². The number of rotatable bonds is 4. The number of hydrogen-bond acceptors (Lipinski definition) is 3. The van der Waals surface area contributed by atoms with Gasteiger partial charge in [-0.25, -0.2) is 0 Å². The van der Waals surface area contributed by atoms with Gasteiger partial charge in [0.2, 0.25) is 0 Å². The molecular formula is C18H12Cl3NO3. The molecule has 0 fully saturated rings. The van der Waals surface area contributed by atoms with Gasteiger partial charge in [0, 0.05) is 11.1 Å². The second-order valence-corrected chi connectivity index (χ2v) is 6.42. The predicted octanol–water partition coefficient (Wildman–Crippen LogP) is 5.65. The molecule has 0 saturated heterocycles. The Labute approximate surface area is 158 Å². The molecule has 2 N–H and O–H groups in total. The number of amides is 1. The summed E-state index contributed by atoms with van der Waals surface area (Å²) in [6.07, 6.45) is 0. The Bertz CT molecular complexity index is 937. The molecule has 3 rings (SSSR count). The summed E-state index contributed by atoms with van der Waals surface area (Å²) < 4.78 is 5.49. The summed E-state index contributed by atoms with van der Waals surface area (Å²) in [5, 5.41) is 12.9. The Morgan fingerprint density at radius 1 is 0.960 bits per heavy atom. The summed E-state index contributed by atoms with van der Waals surface area (Å²) in [5.74, 6) is 0.644. The number of aliphatic hydroxyl groups is 1. The van der Waals surface area contributed by atoms with Crippen molar-refractivity contribution >= 4 is 46.4 Å². The molecule has 0 aliphatic rings. The van der Waals surface area contributed by atoms with Gasteiger partial charge in [0.15, 0.2) is 0 Å². The van der Waals surface area contributed by atoms with E-state index in [1.165, 1.54) is 6.07 Å². The van der Waals surface area contributed by atoms with Crippen LogP contribution >= 0.6 is 34.8 Å². The van der Waals surface area contributed by atoms with Crippen LogP contribution < -0.4 is 5.32 Å². The summed E-state index contributed by atoms with van der Waals surface area (Å²) in [6.45, 7) is -0.186. The van der Waals surface area contributed by atoms with Crippen molar-refractivity contribution in [1.29, 1.82) is 0 Å². The first-order valence-electron chi connectivity index (χ1n) is 7.24. The molecule has 4 nitrogen and oxygen atoms in total. The Kier molecular flexibility index (Phi) is 5.35. The quantitative estimate of drug-likeness (QED) is 0.599. The fourth-order valence-electron chi connectivity index (χ4n) is 2.22. The number of anilines is 1. The van der Waals surface area contributed by atoms with Gasteiger partial charge in [0.25, 0.3) is 5.91 Å². The first kappa shape index (κ1) is 17.8. The molecule has 3 aromatic rings. The van der Waals surface area contributed by atoms with Crippen LogP contribution in [0.25, 0.3) is 11.3 Å². The summed E-state index contributed by atoms with van der Waals surface area (Å²) in [7, 11) is 0. The molecule has 128 valence electrons. The highest BCUT2D eigenvalue weighted by molar-refractivity contribution is 6.42. The highest BCUT2D eigenvalue weighted by atomic mass is 35.5. The Morgan fingerprint density at radius 3 is 2.40 bits per heavy atom. The monoisotopic (exact) mass is 395 g/mol. The average Bonchev–Trinajstić information content (AvgIpc) is 3.08. The molecule has 0 bridgehead atoms. The maximum atomic E-state index is 12.4. The van der Waals surface area contributed by atoms with E-state index in [0.717, 1.165) is 0 Å². The third-order valence-corrected chi connectivity index (χ3v) is 4.57. The highest BCUT2D eigenvalue weighted by Gasteiger charge is 2.13. The first-order valence-corrected chi connectivity index (χ1v) is 8.37. The topological polar surface area (TPSA) is 62.5 Å². The fourth-order valence-corrected chi connectivity index (χ4v) is 2.69. The molecule has 0 unspecified atom stereocenters. The zero-order valence-corrected chi connectivity index (χ0v) is 15.0. The SMILES string of the molecule is O=C(Nc1cc(-c2ccc(CO)o2)ccc1Cl)c1ccc(Cl)c(Cl)c1. The minimum atomic E-state index is -0.367. The van der Waals surface area contributed by atoms with Crippen molar-refractivity contribution in [2.24, 2.45) is 0 Å². The Morgan fingerprint density at radius 2 is 1.72 bits per heavy atom. The average molecular weight is 397 g/mol. The van der Waals surface area contributed by atoms with E-state index in [1.807, 2.05) is 0 Å². The van der Waals surface area contributed by atoms with E-state index in [2.05, 4.69) is 5.32 Å². The van der Waals surface area contributed by atoms with Gasteiger partial charge in [0.05, 0.1) is 20.8 Å². The molecule has 25 heavy (non-hydrogen) atoms. The van der Waals surface area contributed by atoms with E-state index < -0.39 is 0 Å². The predicted molar refractivity (Wildman–Crippen MR) is 99.5 cm³/mol. The van der Waals surface area contributed by atoms with Gasteiger partial charge < -0.3 is 14.8 Å². The van der Waals surface area contributed by atoms with E-state index in [4.69, 9.17) is 44.3 Å². The minimum Gasteiger partial charge on any atom is -0.459 e. The number of halogens is 3. The number of furan rings is 1. The van der Waals surface area contributed by atoms with Crippen LogP contribution in [-0.2, 0) is 6.61 Å².